The van der Waals surface area contributed by atoms with E-state index in [2.05, 4.69) is 0 Å². The highest BCUT2D eigenvalue weighted by molar-refractivity contribution is 6.52. The van der Waals surface area contributed by atoms with Crippen molar-refractivity contribution < 1.29 is 18.7 Å². The number of rotatable bonds is 3. The summed E-state index contributed by atoms with van der Waals surface area (Å²) in [6, 6.07) is 3.70. The molecule has 0 aliphatic carbocycles. The third-order valence-corrected chi connectivity index (χ3v) is 2.78. The number of halogens is 1. The molecule has 1 aromatic rings. The number of anilines is 1. The number of ketones is 1. The van der Waals surface area contributed by atoms with Gasteiger partial charge in [0, 0.05) is 7.11 Å². The molecule has 0 aromatic heterocycles. The van der Waals surface area contributed by atoms with Crippen LogP contribution in [0, 0.1) is 5.82 Å². The molecule has 1 unspecified atom stereocenters. The van der Waals surface area contributed by atoms with Gasteiger partial charge in [-0.15, -0.1) is 0 Å². The van der Waals surface area contributed by atoms with Crippen molar-refractivity contribution in [3.8, 4) is 0 Å². The maximum Gasteiger partial charge on any atom is 0.299 e. The molecule has 0 radical (unpaired) electrons. The lowest BCUT2D eigenvalue weighted by molar-refractivity contribution is -0.114. The van der Waals surface area contributed by atoms with E-state index in [-0.39, 0.29) is 18.2 Å². The molecule has 1 atom stereocenters. The van der Waals surface area contributed by atoms with Crippen molar-refractivity contribution in [2.75, 3.05) is 18.6 Å². The molecule has 1 aliphatic heterocycles. The molecule has 0 N–H and O–H groups in total. The Morgan fingerprint density at radius 1 is 1.41 bits per heavy atom. The summed E-state index contributed by atoms with van der Waals surface area (Å²) in [5, 5.41) is 0. The zero-order valence-electron chi connectivity index (χ0n) is 9.57. The van der Waals surface area contributed by atoms with Gasteiger partial charge in [-0.3, -0.25) is 9.59 Å². The summed E-state index contributed by atoms with van der Waals surface area (Å²) in [6.45, 7) is 2.01. The first kappa shape index (κ1) is 11.7. The first-order valence-electron chi connectivity index (χ1n) is 5.23. The maximum atomic E-state index is 13.1. The van der Waals surface area contributed by atoms with Gasteiger partial charge in [0.25, 0.3) is 11.7 Å². The Labute approximate surface area is 98.0 Å². The fourth-order valence-electron chi connectivity index (χ4n) is 1.78. The number of methoxy groups -OCH3 is 1. The largest absolute Gasteiger partial charge is 0.380 e. The molecule has 0 saturated heterocycles. The second-order valence-corrected chi connectivity index (χ2v) is 3.95. The SMILES string of the molecule is COC(C)CN1C(=O)C(=O)c2ccc(F)cc21. The number of ether oxygens (including phenoxy) is 1. The van der Waals surface area contributed by atoms with Crippen LogP contribution in [0.4, 0.5) is 10.1 Å². The van der Waals surface area contributed by atoms with Gasteiger partial charge in [-0.05, 0) is 25.1 Å². The quantitative estimate of drug-likeness (QED) is 0.746. The Bertz CT molecular complexity index is 487. The summed E-state index contributed by atoms with van der Waals surface area (Å²) < 4.78 is 18.2. The highest BCUT2D eigenvalue weighted by atomic mass is 19.1. The zero-order valence-corrected chi connectivity index (χ0v) is 9.57. The van der Waals surface area contributed by atoms with Crippen LogP contribution in [0.3, 0.4) is 0 Å². The van der Waals surface area contributed by atoms with E-state index in [9.17, 15) is 14.0 Å². The lowest BCUT2D eigenvalue weighted by atomic mass is 10.1. The molecule has 0 bridgehead atoms. The third kappa shape index (κ3) is 1.93. The minimum Gasteiger partial charge on any atom is -0.380 e. The summed E-state index contributed by atoms with van der Waals surface area (Å²) in [5.41, 5.74) is 0.573. The summed E-state index contributed by atoms with van der Waals surface area (Å²) >= 11 is 0. The van der Waals surface area contributed by atoms with Crippen LogP contribution >= 0.6 is 0 Å². The van der Waals surface area contributed by atoms with Crippen LogP contribution in [0.1, 0.15) is 17.3 Å². The number of carbonyl (C=O) groups is 2. The van der Waals surface area contributed by atoms with Crippen molar-refractivity contribution in [2.45, 2.75) is 13.0 Å². The van der Waals surface area contributed by atoms with Gasteiger partial charge < -0.3 is 9.64 Å². The molecule has 1 aromatic carbocycles. The fourth-order valence-corrected chi connectivity index (χ4v) is 1.78. The molecule has 1 amide bonds. The standard InChI is InChI=1S/C12H12FNO3/c1-7(17-2)6-14-10-5-8(13)3-4-9(10)11(15)12(14)16/h3-5,7H,6H2,1-2H3. The van der Waals surface area contributed by atoms with Crippen molar-refractivity contribution in [2.24, 2.45) is 0 Å². The Kier molecular flexibility index (Phi) is 2.93. The fraction of sp³-hybridized carbons (Fsp3) is 0.333. The smallest absolute Gasteiger partial charge is 0.299 e. The number of carbonyl (C=O) groups excluding carboxylic acids is 2. The Morgan fingerprint density at radius 3 is 2.76 bits per heavy atom. The van der Waals surface area contributed by atoms with Crippen molar-refractivity contribution in [3.05, 3.63) is 29.6 Å². The van der Waals surface area contributed by atoms with Gasteiger partial charge in [-0.25, -0.2) is 4.39 Å². The zero-order chi connectivity index (χ0) is 12.6. The van der Waals surface area contributed by atoms with E-state index in [0.29, 0.717) is 5.69 Å². The van der Waals surface area contributed by atoms with Crippen LogP contribution in [0.2, 0.25) is 0 Å². The lowest BCUT2D eigenvalue weighted by Gasteiger charge is -2.20. The van der Waals surface area contributed by atoms with Crippen LogP contribution < -0.4 is 4.90 Å². The number of hydrogen-bond donors (Lipinski definition) is 0. The predicted molar refractivity (Wildman–Crippen MR) is 59.6 cm³/mol. The van der Waals surface area contributed by atoms with Crippen molar-refractivity contribution in [1.29, 1.82) is 0 Å². The molecule has 5 heteroatoms. The van der Waals surface area contributed by atoms with Crippen LogP contribution in [0.25, 0.3) is 0 Å². The second kappa shape index (κ2) is 4.25. The van der Waals surface area contributed by atoms with Crippen molar-refractivity contribution in [3.63, 3.8) is 0 Å². The molecular weight excluding hydrogens is 225 g/mol. The lowest BCUT2D eigenvalue weighted by Crippen LogP contribution is -2.36. The minimum absolute atomic E-state index is 0.221. The molecule has 2 rings (SSSR count). The highest BCUT2D eigenvalue weighted by Crippen LogP contribution is 2.29. The molecule has 0 saturated carbocycles. The van der Waals surface area contributed by atoms with Gasteiger partial charge in [0.1, 0.15) is 5.82 Å². The van der Waals surface area contributed by atoms with E-state index in [4.69, 9.17) is 4.74 Å². The maximum absolute atomic E-state index is 13.1. The van der Waals surface area contributed by atoms with E-state index < -0.39 is 17.5 Å². The molecule has 0 fully saturated rings. The number of hydrogen-bond acceptors (Lipinski definition) is 3. The molecule has 1 aliphatic rings. The number of nitrogens with zero attached hydrogens (tertiary/aromatic N) is 1. The molecular formula is C12H12FNO3. The number of fused-ring (bicyclic) bond motifs is 1. The van der Waals surface area contributed by atoms with E-state index in [1.165, 1.54) is 30.2 Å². The van der Waals surface area contributed by atoms with Gasteiger partial charge in [0.2, 0.25) is 0 Å². The van der Waals surface area contributed by atoms with Crippen LogP contribution in [-0.4, -0.2) is 31.4 Å². The van der Waals surface area contributed by atoms with E-state index >= 15 is 0 Å². The van der Waals surface area contributed by atoms with Crippen molar-refractivity contribution >= 4 is 17.4 Å². The van der Waals surface area contributed by atoms with Gasteiger partial charge in [-0.1, -0.05) is 0 Å². The Morgan fingerprint density at radius 2 is 2.12 bits per heavy atom. The highest BCUT2D eigenvalue weighted by Gasteiger charge is 2.36. The molecule has 17 heavy (non-hydrogen) atoms. The summed E-state index contributed by atoms with van der Waals surface area (Å²) in [5.74, 6) is -1.70. The van der Waals surface area contributed by atoms with E-state index in [1.807, 2.05) is 0 Å². The molecule has 90 valence electrons. The van der Waals surface area contributed by atoms with Crippen LogP contribution in [0.5, 0.6) is 0 Å². The van der Waals surface area contributed by atoms with Gasteiger partial charge in [0.05, 0.1) is 23.9 Å². The average molecular weight is 237 g/mol. The van der Waals surface area contributed by atoms with E-state index in [1.54, 1.807) is 6.92 Å². The van der Waals surface area contributed by atoms with Gasteiger partial charge >= 0.3 is 0 Å². The molecule has 0 spiro atoms. The number of benzene rings is 1. The summed E-state index contributed by atoms with van der Waals surface area (Å²) in [4.78, 5) is 24.6. The Balaban J connectivity index is 2.39. The molecule has 1 heterocycles. The number of amides is 1. The van der Waals surface area contributed by atoms with Crippen molar-refractivity contribution in [1.82, 2.24) is 0 Å². The number of Topliss-reactive ketones (excluding diaryl/α,β-unsaturated/α-hetero) is 1. The van der Waals surface area contributed by atoms with Gasteiger partial charge in [-0.2, -0.15) is 0 Å². The average Bonchev–Trinajstić information content (AvgIpc) is 2.54. The summed E-state index contributed by atoms with van der Waals surface area (Å²) in [7, 11) is 1.51. The minimum atomic E-state index is -0.630. The summed E-state index contributed by atoms with van der Waals surface area (Å²) in [6.07, 6.45) is -0.221. The normalized spacial score (nSPS) is 16.3. The first-order valence-corrected chi connectivity index (χ1v) is 5.23. The monoisotopic (exact) mass is 237 g/mol. The predicted octanol–water partition coefficient (Wildman–Crippen LogP) is 1.39. The topological polar surface area (TPSA) is 46.6 Å². The second-order valence-electron chi connectivity index (χ2n) is 3.95. The first-order chi connectivity index (χ1) is 8.04. The Hall–Kier alpha value is -1.75. The van der Waals surface area contributed by atoms with Crippen LogP contribution in [-0.2, 0) is 9.53 Å². The van der Waals surface area contributed by atoms with E-state index in [0.717, 1.165) is 0 Å². The molecule has 4 nitrogen and oxygen atoms in total. The third-order valence-electron chi connectivity index (χ3n) is 2.78. The van der Waals surface area contributed by atoms with Gasteiger partial charge in [0.15, 0.2) is 0 Å². The van der Waals surface area contributed by atoms with Crippen LogP contribution in [0.15, 0.2) is 18.2 Å².